The fourth-order valence-electron chi connectivity index (χ4n) is 1.12. The third-order valence-electron chi connectivity index (χ3n) is 1.82. The second-order valence-electron chi connectivity index (χ2n) is 3.17. The maximum Gasteiger partial charge on any atom is 0.337 e. The number of carbonyl (C=O) groups excluding carboxylic acids is 1. The summed E-state index contributed by atoms with van der Waals surface area (Å²) in [6, 6.07) is 5.08. The number of hydrogen-bond acceptors (Lipinski definition) is 4. The SMILES string of the molecule is CCCSNc1cc(Cl)cc(C(=O)OC)c1. The Kier molecular flexibility index (Phi) is 5.49. The number of ether oxygens (including phenoxy) is 1. The van der Waals surface area contributed by atoms with Gasteiger partial charge in [0.25, 0.3) is 0 Å². The van der Waals surface area contributed by atoms with Crippen LogP contribution in [0.5, 0.6) is 0 Å². The van der Waals surface area contributed by atoms with E-state index in [2.05, 4.69) is 16.4 Å². The Hall–Kier alpha value is -0.870. The molecule has 1 rings (SSSR count). The lowest BCUT2D eigenvalue weighted by Gasteiger charge is -2.07. The third kappa shape index (κ3) is 3.94. The molecule has 0 saturated carbocycles. The Balaban J connectivity index is 2.77. The first-order chi connectivity index (χ1) is 7.67. The van der Waals surface area contributed by atoms with Crippen LogP contribution >= 0.6 is 23.5 Å². The van der Waals surface area contributed by atoms with E-state index >= 15 is 0 Å². The van der Waals surface area contributed by atoms with Gasteiger partial charge in [-0.2, -0.15) is 0 Å². The molecule has 0 aliphatic heterocycles. The summed E-state index contributed by atoms with van der Waals surface area (Å²) in [6.07, 6.45) is 1.09. The van der Waals surface area contributed by atoms with Crippen LogP contribution in [0, 0.1) is 0 Å². The Morgan fingerprint density at radius 1 is 1.50 bits per heavy atom. The van der Waals surface area contributed by atoms with Gasteiger partial charge < -0.3 is 9.46 Å². The van der Waals surface area contributed by atoms with Gasteiger partial charge in [-0.1, -0.05) is 30.5 Å². The molecule has 1 aromatic carbocycles. The number of benzene rings is 1. The molecule has 0 amide bonds. The number of methoxy groups -OCH3 is 1. The van der Waals surface area contributed by atoms with Crippen molar-refractivity contribution < 1.29 is 9.53 Å². The number of halogens is 1. The van der Waals surface area contributed by atoms with Gasteiger partial charge in [-0.05, 0) is 24.6 Å². The van der Waals surface area contributed by atoms with E-state index in [1.165, 1.54) is 7.11 Å². The Morgan fingerprint density at radius 3 is 2.88 bits per heavy atom. The monoisotopic (exact) mass is 259 g/mol. The van der Waals surface area contributed by atoms with Crippen molar-refractivity contribution in [3.63, 3.8) is 0 Å². The predicted octanol–water partition coefficient (Wildman–Crippen LogP) is 3.60. The molecule has 0 fully saturated rings. The number of esters is 1. The lowest BCUT2D eigenvalue weighted by molar-refractivity contribution is 0.0601. The summed E-state index contributed by atoms with van der Waals surface area (Å²) in [6.45, 7) is 2.10. The molecule has 0 heterocycles. The molecular formula is C11H14ClNO2S. The Morgan fingerprint density at radius 2 is 2.25 bits per heavy atom. The molecule has 0 radical (unpaired) electrons. The number of rotatable bonds is 5. The number of carbonyl (C=O) groups is 1. The summed E-state index contributed by atoms with van der Waals surface area (Å²) in [5, 5.41) is 0.516. The highest BCUT2D eigenvalue weighted by Gasteiger charge is 2.07. The predicted molar refractivity (Wildman–Crippen MR) is 69.2 cm³/mol. The molecule has 0 unspecified atom stereocenters. The number of anilines is 1. The topological polar surface area (TPSA) is 38.3 Å². The van der Waals surface area contributed by atoms with Crippen LogP contribution in [-0.4, -0.2) is 18.8 Å². The van der Waals surface area contributed by atoms with Crippen molar-refractivity contribution >= 4 is 35.2 Å². The average Bonchev–Trinajstić information content (AvgIpc) is 2.27. The summed E-state index contributed by atoms with van der Waals surface area (Å²) < 4.78 is 7.77. The first kappa shape index (κ1) is 13.2. The van der Waals surface area contributed by atoms with Gasteiger partial charge in [0.15, 0.2) is 0 Å². The summed E-state index contributed by atoms with van der Waals surface area (Å²) >= 11 is 7.49. The minimum absolute atomic E-state index is 0.383. The lowest BCUT2D eigenvalue weighted by atomic mass is 10.2. The zero-order chi connectivity index (χ0) is 12.0. The van der Waals surface area contributed by atoms with E-state index in [4.69, 9.17) is 11.6 Å². The normalized spacial score (nSPS) is 9.94. The summed E-state index contributed by atoms with van der Waals surface area (Å²) in [7, 11) is 1.35. The van der Waals surface area contributed by atoms with Crippen molar-refractivity contribution in [3.8, 4) is 0 Å². The van der Waals surface area contributed by atoms with Gasteiger partial charge in [0.1, 0.15) is 0 Å². The van der Waals surface area contributed by atoms with Gasteiger partial charge >= 0.3 is 5.97 Å². The maximum atomic E-state index is 11.3. The highest BCUT2D eigenvalue weighted by Crippen LogP contribution is 2.22. The minimum Gasteiger partial charge on any atom is -0.465 e. The van der Waals surface area contributed by atoms with Crippen LogP contribution in [0.3, 0.4) is 0 Å². The van der Waals surface area contributed by atoms with Gasteiger partial charge in [0, 0.05) is 16.5 Å². The average molecular weight is 260 g/mol. The molecule has 88 valence electrons. The quantitative estimate of drug-likeness (QED) is 0.498. The highest BCUT2D eigenvalue weighted by molar-refractivity contribution is 8.00. The highest BCUT2D eigenvalue weighted by atomic mass is 35.5. The molecular weight excluding hydrogens is 246 g/mol. The zero-order valence-corrected chi connectivity index (χ0v) is 10.8. The fraction of sp³-hybridized carbons (Fsp3) is 0.364. The van der Waals surface area contributed by atoms with E-state index in [0.717, 1.165) is 17.9 Å². The molecule has 0 saturated heterocycles. The van der Waals surface area contributed by atoms with Crippen LogP contribution < -0.4 is 4.72 Å². The van der Waals surface area contributed by atoms with Gasteiger partial charge in [0.05, 0.1) is 12.7 Å². The number of nitrogens with one attached hydrogen (secondary N) is 1. The van der Waals surface area contributed by atoms with Gasteiger partial charge in [-0.25, -0.2) is 4.79 Å². The van der Waals surface area contributed by atoms with E-state index in [1.54, 1.807) is 30.1 Å². The van der Waals surface area contributed by atoms with Crippen LogP contribution in [0.25, 0.3) is 0 Å². The van der Waals surface area contributed by atoms with Crippen LogP contribution in [0.1, 0.15) is 23.7 Å². The van der Waals surface area contributed by atoms with Crippen molar-refractivity contribution in [2.75, 3.05) is 17.6 Å². The molecule has 0 spiro atoms. The van der Waals surface area contributed by atoms with Gasteiger partial charge in [0.2, 0.25) is 0 Å². The molecule has 0 aliphatic rings. The first-order valence-corrected chi connectivity index (χ1v) is 6.30. The van der Waals surface area contributed by atoms with E-state index in [-0.39, 0.29) is 5.97 Å². The van der Waals surface area contributed by atoms with E-state index in [9.17, 15) is 4.79 Å². The largest absolute Gasteiger partial charge is 0.465 e. The Bertz CT molecular complexity index is 371. The van der Waals surface area contributed by atoms with E-state index in [0.29, 0.717) is 10.6 Å². The van der Waals surface area contributed by atoms with Crippen LogP contribution in [0.15, 0.2) is 18.2 Å². The van der Waals surface area contributed by atoms with Crippen molar-refractivity contribution in [1.29, 1.82) is 0 Å². The van der Waals surface area contributed by atoms with Crippen molar-refractivity contribution in [3.05, 3.63) is 28.8 Å². The summed E-state index contributed by atoms with van der Waals surface area (Å²) in [4.78, 5) is 11.3. The van der Waals surface area contributed by atoms with Crippen LogP contribution in [-0.2, 0) is 4.74 Å². The smallest absolute Gasteiger partial charge is 0.337 e. The molecule has 1 aromatic rings. The van der Waals surface area contributed by atoms with Gasteiger partial charge in [-0.15, -0.1) is 0 Å². The minimum atomic E-state index is -0.383. The summed E-state index contributed by atoms with van der Waals surface area (Å²) in [5.74, 6) is 0.617. The molecule has 0 aliphatic carbocycles. The second kappa shape index (κ2) is 6.66. The molecule has 1 N–H and O–H groups in total. The van der Waals surface area contributed by atoms with Crippen LogP contribution in [0.4, 0.5) is 5.69 Å². The fourth-order valence-corrected chi connectivity index (χ4v) is 1.95. The van der Waals surface area contributed by atoms with Crippen LogP contribution in [0.2, 0.25) is 5.02 Å². The van der Waals surface area contributed by atoms with Crippen molar-refractivity contribution in [2.24, 2.45) is 0 Å². The molecule has 16 heavy (non-hydrogen) atoms. The molecule has 0 atom stereocenters. The lowest BCUT2D eigenvalue weighted by Crippen LogP contribution is -2.01. The van der Waals surface area contributed by atoms with E-state index in [1.807, 2.05) is 0 Å². The summed E-state index contributed by atoms with van der Waals surface area (Å²) in [5.41, 5.74) is 1.26. The van der Waals surface area contributed by atoms with Crippen molar-refractivity contribution in [1.82, 2.24) is 0 Å². The Labute approximate surface area is 105 Å². The van der Waals surface area contributed by atoms with E-state index < -0.39 is 0 Å². The maximum absolute atomic E-state index is 11.3. The molecule has 5 heteroatoms. The third-order valence-corrected chi connectivity index (χ3v) is 3.03. The molecule has 3 nitrogen and oxygen atoms in total. The van der Waals surface area contributed by atoms with Gasteiger partial charge in [-0.3, -0.25) is 0 Å². The standard InChI is InChI=1S/C11H14ClNO2S/c1-3-4-16-13-10-6-8(11(14)15-2)5-9(12)7-10/h5-7,13H,3-4H2,1-2H3. The van der Waals surface area contributed by atoms with Crippen molar-refractivity contribution in [2.45, 2.75) is 13.3 Å². The zero-order valence-electron chi connectivity index (χ0n) is 9.25. The molecule has 0 bridgehead atoms. The first-order valence-electron chi connectivity index (χ1n) is 4.94. The molecule has 0 aromatic heterocycles. The second-order valence-corrected chi connectivity index (χ2v) is 4.51. The number of hydrogen-bond donors (Lipinski definition) is 1.